The Kier molecular flexibility index (Phi) is 4.04. The van der Waals surface area contributed by atoms with Crippen molar-refractivity contribution in [3.05, 3.63) is 17.0 Å². The smallest absolute Gasteiger partial charge is 0.341 e. The van der Waals surface area contributed by atoms with Crippen LogP contribution in [0.15, 0.2) is 0 Å². The van der Waals surface area contributed by atoms with E-state index in [1.54, 1.807) is 0 Å². The number of aromatic nitrogens is 2. The Labute approximate surface area is 108 Å². The molecule has 0 radical (unpaired) electrons. The van der Waals surface area contributed by atoms with Crippen molar-refractivity contribution < 1.29 is 9.53 Å². The molecule has 0 saturated heterocycles. The number of ether oxygens (including phenoxy) is 1. The molecule has 1 aromatic rings. The van der Waals surface area contributed by atoms with Crippen LogP contribution in [-0.2, 0) is 11.2 Å². The zero-order valence-electron chi connectivity index (χ0n) is 11.5. The molecule has 1 aromatic heterocycles. The molecule has 4 heteroatoms. The highest BCUT2D eigenvalue weighted by atomic mass is 16.5. The van der Waals surface area contributed by atoms with Gasteiger partial charge >= 0.3 is 5.97 Å². The minimum Gasteiger partial charge on any atom is -0.462 e. The van der Waals surface area contributed by atoms with Crippen molar-refractivity contribution in [2.45, 2.75) is 58.9 Å². The van der Waals surface area contributed by atoms with Gasteiger partial charge in [0.1, 0.15) is 5.56 Å². The standard InChI is InChI=1S/C14H22N2O2/c1-4-12-13(14(17)18-5-2)10(3)16(15-12)11-8-6-7-9-11/h11H,4-9H2,1-3H3. The van der Waals surface area contributed by atoms with E-state index in [4.69, 9.17) is 4.74 Å². The number of esters is 1. The van der Waals surface area contributed by atoms with Gasteiger partial charge in [0.15, 0.2) is 0 Å². The second-order valence-corrected chi connectivity index (χ2v) is 4.86. The lowest BCUT2D eigenvalue weighted by Crippen LogP contribution is -2.11. The van der Waals surface area contributed by atoms with E-state index in [1.807, 2.05) is 20.8 Å². The summed E-state index contributed by atoms with van der Waals surface area (Å²) in [6.07, 6.45) is 5.65. The zero-order valence-corrected chi connectivity index (χ0v) is 11.5. The minimum absolute atomic E-state index is 0.226. The molecule has 0 aliphatic heterocycles. The maximum Gasteiger partial charge on any atom is 0.341 e. The lowest BCUT2D eigenvalue weighted by molar-refractivity contribution is 0.0524. The van der Waals surface area contributed by atoms with Crippen LogP contribution in [0.1, 0.15) is 67.3 Å². The Hall–Kier alpha value is -1.32. The summed E-state index contributed by atoms with van der Waals surface area (Å²) in [4.78, 5) is 12.0. The third-order valence-electron chi connectivity index (χ3n) is 3.71. The average Bonchev–Trinajstić information content (AvgIpc) is 2.96. The molecule has 1 heterocycles. The second kappa shape index (κ2) is 5.55. The quantitative estimate of drug-likeness (QED) is 0.771. The van der Waals surface area contributed by atoms with E-state index in [2.05, 4.69) is 9.78 Å². The van der Waals surface area contributed by atoms with Crippen LogP contribution in [0.5, 0.6) is 0 Å². The van der Waals surface area contributed by atoms with E-state index in [-0.39, 0.29) is 5.97 Å². The van der Waals surface area contributed by atoms with Gasteiger partial charge in [-0.15, -0.1) is 0 Å². The lowest BCUT2D eigenvalue weighted by atomic mass is 10.1. The topological polar surface area (TPSA) is 44.1 Å². The molecular weight excluding hydrogens is 228 g/mol. The third kappa shape index (κ3) is 2.28. The van der Waals surface area contributed by atoms with Crippen LogP contribution in [-0.4, -0.2) is 22.4 Å². The first-order valence-electron chi connectivity index (χ1n) is 6.94. The van der Waals surface area contributed by atoms with E-state index >= 15 is 0 Å². The van der Waals surface area contributed by atoms with Gasteiger partial charge in [0.05, 0.1) is 24.0 Å². The molecule has 0 unspecified atom stereocenters. The minimum atomic E-state index is -0.226. The summed E-state index contributed by atoms with van der Waals surface area (Å²) in [6.45, 7) is 6.26. The summed E-state index contributed by atoms with van der Waals surface area (Å²) in [7, 11) is 0. The van der Waals surface area contributed by atoms with E-state index in [0.29, 0.717) is 18.2 Å². The summed E-state index contributed by atoms with van der Waals surface area (Å²) in [5.41, 5.74) is 2.53. The van der Waals surface area contributed by atoms with Crippen molar-refractivity contribution in [1.82, 2.24) is 9.78 Å². The fraction of sp³-hybridized carbons (Fsp3) is 0.714. The van der Waals surface area contributed by atoms with E-state index in [9.17, 15) is 4.79 Å². The Morgan fingerprint density at radius 2 is 2.06 bits per heavy atom. The van der Waals surface area contributed by atoms with Gasteiger partial charge in [0.2, 0.25) is 0 Å². The average molecular weight is 250 g/mol. The molecule has 1 fully saturated rings. The SMILES string of the molecule is CCOC(=O)c1c(CC)nn(C2CCCC2)c1C. The van der Waals surface area contributed by atoms with Gasteiger partial charge in [-0.25, -0.2) is 4.79 Å². The fourth-order valence-corrected chi connectivity index (χ4v) is 2.80. The number of nitrogens with zero attached hydrogens (tertiary/aromatic N) is 2. The van der Waals surface area contributed by atoms with Gasteiger partial charge in [-0.05, 0) is 33.1 Å². The van der Waals surface area contributed by atoms with Crippen molar-refractivity contribution in [3.63, 3.8) is 0 Å². The molecule has 100 valence electrons. The maximum atomic E-state index is 12.0. The molecule has 0 N–H and O–H groups in total. The number of carbonyl (C=O) groups is 1. The first kappa shape index (κ1) is 13.1. The molecule has 0 spiro atoms. The van der Waals surface area contributed by atoms with Crippen LogP contribution in [0, 0.1) is 6.92 Å². The van der Waals surface area contributed by atoms with Crippen molar-refractivity contribution in [3.8, 4) is 0 Å². The highest BCUT2D eigenvalue weighted by Gasteiger charge is 2.26. The number of rotatable bonds is 4. The first-order valence-corrected chi connectivity index (χ1v) is 6.94. The van der Waals surface area contributed by atoms with Crippen molar-refractivity contribution >= 4 is 5.97 Å². The predicted octanol–water partition coefficient (Wildman–Crippen LogP) is 3.05. The van der Waals surface area contributed by atoms with Gasteiger partial charge in [-0.3, -0.25) is 4.68 Å². The predicted molar refractivity (Wildman–Crippen MR) is 69.8 cm³/mol. The Balaban J connectivity index is 2.35. The first-order chi connectivity index (χ1) is 8.69. The normalized spacial score (nSPS) is 16.2. The molecule has 0 aromatic carbocycles. The van der Waals surface area contributed by atoms with Gasteiger partial charge in [0.25, 0.3) is 0 Å². The van der Waals surface area contributed by atoms with Gasteiger partial charge in [-0.2, -0.15) is 5.10 Å². The Morgan fingerprint density at radius 3 is 2.61 bits per heavy atom. The molecule has 18 heavy (non-hydrogen) atoms. The molecule has 0 amide bonds. The molecule has 0 atom stereocenters. The Morgan fingerprint density at radius 1 is 1.39 bits per heavy atom. The summed E-state index contributed by atoms with van der Waals surface area (Å²) < 4.78 is 7.19. The molecule has 1 saturated carbocycles. The maximum absolute atomic E-state index is 12.0. The van der Waals surface area contributed by atoms with Crippen LogP contribution < -0.4 is 0 Å². The van der Waals surface area contributed by atoms with Crippen molar-refractivity contribution in [1.29, 1.82) is 0 Å². The summed E-state index contributed by atoms with van der Waals surface area (Å²) in [6, 6.07) is 0.471. The summed E-state index contributed by atoms with van der Waals surface area (Å²) in [5, 5.41) is 4.63. The van der Waals surface area contributed by atoms with Crippen LogP contribution in [0.2, 0.25) is 0 Å². The zero-order chi connectivity index (χ0) is 13.1. The number of aryl methyl sites for hydroxylation is 1. The van der Waals surface area contributed by atoms with Crippen LogP contribution >= 0.6 is 0 Å². The third-order valence-corrected chi connectivity index (χ3v) is 3.71. The summed E-state index contributed by atoms with van der Waals surface area (Å²) >= 11 is 0. The van der Waals surface area contributed by atoms with Crippen LogP contribution in [0.25, 0.3) is 0 Å². The van der Waals surface area contributed by atoms with E-state index < -0.39 is 0 Å². The highest BCUT2D eigenvalue weighted by Crippen LogP contribution is 2.31. The van der Waals surface area contributed by atoms with E-state index in [0.717, 1.165) is 17.8 Å². The Bertz CT molecular complexity index is 431. The molecule has 1 aliphatic carbocycles. The second-order valence-electron chi connectivity index (χ2n) is 4.86. The number of hydrogen-bond acceptors (Lipinski definition) is 3. The van der Waals surface area contributed by atoms with Crippen molar-refractivity contribution in [2.75, 3.05) is 6.61 Å². The number of carbonyl (C=O) groups excluding carboxylic acids is 1. The van der Waals surface area contributed by atoms with E-state index in [1.165, 1.54) is 25.7 Å². The number of hydrogen-bond donors (Lipinski definition) is 0. The van der Waals surface area contributed by atoms with Crippen LogP contribution in [0.4, 0.5) is 0 Å². The largest absolute Gasteiger partial charge is 0.462 e. The van der Waals surface area contributed by atoms with Crippen molar-refractivity contribution in [2.24, 2.45) is 0 Å². The summed E-state index contributed by atoms with van der Waals surface area (Å²) in [5.74, 6) is -0.226. The highest BCUT2D eigenvalue weighted by molar-refractivity contribution is 5.92. The molecule has 1 aliphatic rings. The van der Waals surface area contributed by atoms with Crippen LogP contribution in [0.3, 0.4) is 0 Å². The van der Waals surface area contributed by atoms with Gasteiger partial charge in [0, 0.05) is 0 Å². The molecule has 4 nitrogen and oxygen atoms in total. The van der Waals surface area contributed by atoms with Gasteiger partial charge in [-0.1, -0.05) is 19.8 Å². The van der Waals surface area contributed by atoms with Gasteiger partial charge < -0.3 is 4.74 Å². The molecule has 2 rings (SSSR count). The fourth-order valence-electron chi connectivity index (χ4n) is 2.80. The monoisotopic (exact) mass is 250 g/mol. The lowest BCUT2D eigenvalue weighted by Gasteiger charge is -2.12. The molecule has 0 bridgehead atoms. The molecular formula is C14H22N2O2.